The number of nitrogens with zero attached hydrogens (tertiary/aromatic N) is 4. The molecule has 3 heterocycles. The molecule has 0 spiro atoms. The first-order chi connectivity index (χ1) is 13.6. The van der Waals surface area contributed by atoms with Gasteiger partial charge in [0.15, 0.2) is 0 Å². The SMILES string of the molecule is C=Cc1ccc(Cn2ccc3c(N4CCN(CC(C)C)CC4)ccnc32)cc1. The Hall–Kier alpha value is -2.59. The zero-order valence-corrected chi connectivity index (χ0v) is 17.0. The highest BCUT2D eigenvalue weighted by atomic mass is 15.3. The Bertz CT molecular complexity index is 931. The van der Waals surface area contributed by atoms with Gasteiger partial charge in [-0.25, -0.2) is 4.98 Å². The van der Waals surface area contributed by atoms with Crippen LogP contribution in [0.15, 0.2) is 55.4 Å². The second-order valence-corrected chi connectivity index (χ2v) is 8.14. The van der Waals surface area contributed by atoms with Gasteiger partial charge in [0.2, 0.25) is 0 Å². The summed E-state index contributed by atoms with van der Waals surface area (Å²) in [6.07, 6.45) is 6.00. The van der Waals surface area contributed by atoms with E-state index < -0.39 is 0 Å². The molecule has 0 amide bonds. The molecule has 0 unspecified atom stereocenters. The zero-order valence-electron chi connectivity index (χ0n) is 17.0. The zero-order chi connectivity index (χ0) is 19.5. The highest BCUT2D eigenvalue weighted by Crippen LogP contribution is 2.27. The monoisotopic (exact) mass is 374 g/mol. The van der Waals surface area contributed by atoms with E-state index in [1.165, 1.54) is 23.2 Å². The van der Waals surface area contributed by atoms with E-state index in [4.69, 9.17) is 4.98 Å². The van der Waals surface area contributed by atoms with E-state index >= 15 is 0 Å². The highest BCUT2D eigenvalue weighted by Gasteiger charge is 2.20. The lowest BCUT2D eigenvalue weighted by atomic mass is 10.1. The minimum atomic E-state index is 0.730. The molecule has 4 heteroatoms. The molecule has 4 rings (SSSR count). The predicted octanol–water partition coefficient (Wildman–Crippen LogP) is 4.51. The summed E-state index contributed by atoms with van der Waals surface area (Å²) in [4.78, 5) is 9.79. The van der Waals surface area contributed by atoms with Crippen LogP contribution in [-0.2, 0) is 6.54 Å². The normalized spacial score (nSPS) is 15.5. The largest absolute Gasteiger partial charge is 0.368 e. The standard InChI is InChI=1S/C24H30N4/c1-4-20-5-7-21(8-6-20)18-28-12-10-22-23(9-11-25-24(22)28)27-15-13-26(14-16-27)17-19(2)3/h4-12,19H,1,13-18H2,2-3H3. The maximum atomic E-state index is 4.69. The first-order valence-corrected chi connectivity index (χ1v) is 10.3. The number of pyridine rings is 1. The molecule has 0 atom stereocenters. The summed E-state index contributed by atoms with van der Waals surface area (Å²) in [5, 5.41) is 1.25. The fourth-order valence-electron chi connectivity index (χ4n) is 4.12. The summed E-state index contributed by atoms with van der Waals surface area (Å²) in [6, 6.07) is 13.0. The molecule has 146 valence electrons. The summed E-state index contributed by atoms with van der Waals surface area (Å²) < 4.78 is 2.25. The van der Waals surface area contributed by atoms with Gasteiger partial charge in [-0.2, -0.15) is 0 Å². The van der Waals surface area contributed by atoms with Crippen LogP contribution in [-0.4, -0.2) is 47.2 Å². The smallest absolute Gasteiger partial charge is 0.142 e. The van der Waals surface area contributed by atoms with Crippen LogP contribution in [0.4, 0.5) is 5.69 Å². The lowest BCUT2D eigenvalue weighted by Gasteiger charge is -2.37. The van der Waals surface area contributed by atoms with Crippen molar-refractivity contribution in [3.05, 3.63) is 66.5 Å². The minimum absolute atomic E-state index is 0.730. The van der Waals surface area contributed by atoms with Gasteiger partial charge in [-0.05, 0) is 29.2 Å². The van der Waals surface area contributed by atoms with Crippen molar-refractivity contribution >= 4 is 22.8 Å². The van der Waals surface area contributed by atoms with Crippen LogP contribution in [0.1, 0.15) is 25.0 Å². The molecule has 1 saturated heterocycles. The maximum Gasteiger partial charge on any atom is 0.142 e. The predicted molar refractivity (Wildman–Crippen MR) is 119 cm³/mol. The van der Waals surface area contributed by atoms with Gasteiger partial charge in [0.25, 0.3) is 0 Å². The molecule has 1 aliphatic rings. The van der Waals surface area contributed by atoms with Crippen LogP contribution in [0.2, 0.25) is 0 Å². The first-order valence-electron chi connectivity index (χ1n) is 10.3. The average Bonchev–Trinajstić information content (AvgIpc) is 3.12. The second-order valence-electron chi connectivity index (χ2n) is 8.14. The Kier molecular flexibility index (Phi) is 5.49. The topological polar surface area (TPSA) is 24.3 Å². The second kappa shape index (κ2) is 8.19. The molecule has 0 saturated carbocycles. The molecule has 1 aliphatic heterocycles. The Morgan fingerprint density at radius 3 is 2.46 bits per heavy atom. The molecule has 0 N–H and O–H groups in total. The van der Waals surface area contributed by atoms with Crippen LogP contribution < -0.4 is 4.90 Å². The Morgan fingerprint density at radius 1 is 1.04 bits per heavy atom. The van der Waals surface area contributed by atoms with Crippen molar-refractivity contribution < 1.29 is 0 Å². The summed E-state index contributed by atoms with van der Waals surface area (Å²) in [6.45, 7) is 14.9. The number of fused-ring (bicyclic) bond motifs is 1. The van der Waals surface area contributed by atoms with Crippen molar-refractivity contribution in [2.75, 3.05) is 37.6 Å². The number of hydrogen-bond donors (Lipinski definition) is 0. The van der Waals surface area contributed by atoms with E-state index in [2.05, 4.69) is 77.4 Å². The van der Waals surface area contributed by atoms with Crippen LogP contribution >= 0.6 is 0 Å². The van der Waals surface area contributed by atoms with Gasteiger partial charge in [0.05, 0.1) is 0 Å². The van der Waals surface area contributed by atoms with Gasteiger partial charge < -0.3 is 9.47 Å². The van der Waals surface area contributed by atoms with Crippen LogP contribution in [0.3, 0.4) is 0 Å². The molecule has 0 radical (unpaired) electrons. The third-order valence-corrected chi connectivity index (χ3v) is 5.54. The molecule has 1 aromatic carbocycles. The van der Waals surface area contributed by atoms with Crippen molar-refractivity contribution in [1.29, 1.82) is 0 Å². The summed E-state index contributed by atoms with van der Waals surface area (Å²) in [5.74, 6) is 0.730. The van der Waals surface area contributed by atoms with E-state index in [9.17, 15) is 0 Å². The fraction of sp³-hybridized carbons (Fsp3) is 0.375. The van der Waals surface area contributed by atoms with Crippen molar-refractivity contribution in [2.45, 2.75) is 20.4 Å². The van der Waals surface area contributed by atoms with Crippen LogP contribution in [0.5, 0.6) is 0 Å². The molecule has 28 heavy (non-hydrogen) atoms. The number of aromatic nitrogens is 2. The third-order valence-electron chi connectivity index (χ3n) is 5.54. The summed E-state index contributed by atoms with van der Waals surface area (Å²) in [5.41, 5.74) is 4.81. The fourth-order valence-corrected chi connectivity index (χ4v) is 4.12. The van der Waals surface area contributed by atoms with Gasteiger partial charge >= 0.3 is 0 Å². The van der Waals surface area contributed by atoms with E-state index in [0.29, 0.717) is 0 Å². The lowest BCUT2D eigenvalue weighted by molar-refractivity contribution is 0.231. The summed E-state index contributed by atoms with van der Waals surface area (Å²) >= 11 is 0. The number of piperazine rings is 1. The first kappa shape index (κ1) is 18.8. The number of rotatable bonds is 6. The van der Waals surface area contributed by atoms with E-state index in [1.54, 1.807) is 0 Å². The van der Waals surface area contributed by atoms with Crippen molar-refractivity contribution in [1.82, 2.24) is 14.5 Å². The van der Waals surface area contributed by atoms with E-state index in [-0.39, 0.29) is 0 Å². The third kappa shape index (κ3) is 3.97. The number of benzene rings is 1. The molecule has 2 aromatic heterocycles. The van der Waals surface area contributed by atoms with Gasteiger partial charge in [0.1, 0.15) is 5.65 Å². The molecule has 0 bridgehead atoms. The number of anilines is 1. The van der Waals surface area contributed by atoms with E-state index in [1.807, 2.05) is 12.3 Å². The lowest BCUT2D eigenvalue weighted by Crippen LogP contribution is -2.47. The molecule has 3 aromatic rings. The number of hydrogen-bond acceptors (Lipinski definition) is 3. The molecular weight excluding hydrogens is 344 g/mol. The summed E-state index contributed by atoms with van der Waals surface area (Å²) in [7, 11) is 0. The van der Waals surface area contributed by atoms with Gasteiger partial charge in [-0.15, -0.1) is 0 Å². The minimum Gasteiger partial charge on any atom is -0.368 e. The van der Waals surface area contributed by atoms with Crippen LogP contribution in [0.25, 0.3) is 17.1 Å². The van der Waals surface area contributed by atoms with Crippen molar-refractivity contribution in [3.8, 4) is 0 Å². The molecule has 4 nitrogen and oxygen atoms in total. The van der Waals surface area contributed by atoms with E-state index in [0.717, 1.165) is 49.9 Å². The average molecular weight is 375 g/mol. The van der Waals surface area contributed by atoms with Gasteiger partial charge in [-0.3, -0.25) is 4.90 Å². The van der Waals surface area contributed by atoms with Crippen LogP contribution in [0, 0.1) is 5.92 Å². The van der Waals surface area contributed by atoms with Gasteiger partial charge in [-0.1, -0.05) is 50.8 Å². The Balaban J connectivity index is 1.53. The Labute approximate surface area is 168 Å². The van der Waals surface area contributed by atoms with Crippen molar-refractivity contribution in [3.63, 3.8) is 0 Å². The Morgan fingerprint density at radius 2 is 1.79 bits per heavy atom. The van der Waals surface area contributed by atoms with Crippen molar-refractivity contribution in [2.24, 2.45) is 5.92 Å². The van der Waals surface area contributed by atoms with Gasteiger partial charge in [0, 0.05) is 62.7 Å². The maximum absolute atomic E-state index is 4.69. The molecule has 0 aliphatic carbocycles. The quantitative estimate of drug-likeness (QED) is 0.635. The highest BCUT2D eigenvalue weighted by molar-refractivity contribution is 5.90. The molecule has 1 fully saturated rings. The molecular formula is C24H30N4.